The Balaban J connectivity index is 2.25. The number of nitrogens with one attached hydrogen (secondary N) is 2. The molecule has 2 amide bonds. The van der Waals surface area contributed by atoms with Gasteiger partial charge in [-0.05, 0) is 62.8 Å². The van der Waals surface area contributed by atoms with Gasteiger partial charge in [0.1, 0.15) is 0 Å². The summed E-state index contributed by atoms with van der Waals surface area (Å²) in [5, 5.41) is 26.1. The third-order valence-corrected chi connectivity index (χ3v) is 4.10. The molecule has 0 aliphatic heterocycles. The molecular weight excluding hydrogens is 364 g/mol. The van der Waals surface area contributed by atoms with Gasteiger partial charge >= 0.3 is 0 Å². The first-order valence-electron chi connectivity index (χ1n) is 9.46. The van der Waals surface area contributed by atoms with E-state index in [1.165, 1.54) is 0 Å². The van der Waals surface area contributed by atoms with Gasteiger partial charge in [-0.2, -0.15) is 0 Å². The minimum atomic E-state index is -1.07. The van der Waals surface area contributed by atoms with Crippen molar-refractivity contribution in [3.8, 4) is 0 Å². The Hall–Kier alpha value is -2.90. The maximum absolute atomic E-state index is 12.0. The van der Waals surface area contributed by atoms with E-state index in [-0.39, 0.29) is 24.7 Å². The Morgan fingerprint density at radius 1 is 0.607 bits per heavy atom. The van der Waals surface area contributed by atoms with Crippen LogP contribution >= 0.6 is 0 Å². The predicted molar refractivity (Wildman–Crippen MR) is 98.1 cm³/mol. The zero-order valence-corrected chi connectivity index (χ0v) is 15.8. The van der Waals surface area contributed by atoms with E-state index in [1.807, 2.05) is 0 Å². The number of hydrogen-bond donors (Lipinski definition) is 2. The van der Waals surface area contributed by atoms with Crippen LogP contribution in [0.3, 0.4) is 0 Å². The summed E-state index contributed by atoms with van der Waals surface area (Å²) in [7, 11) is 0. The second kappa shape index (κ2) is 13.3. The first kappa shape index (κ1) is 23.1. The highest BCUT2D eigenvalue weighted by Gasteiger charge is 2.08. The zero-order chi connectivity index (χ0) is 20.8. The van der Waals surface area contributed by atoms with E-state index in [1.54, 1.807) is 24.3 Å². The second-order valence-corrected chi connectivity index (χ2v) is 6.45. The van der Waals surface area contributed by atoms with Crippen molar-refractivity contribution < 1.29 is 29.4 Å². The molecule has 0 saturated carbocycles. The van der Waals surface area contributed by atoms with Gasteiger partial charge in [0.15, 0.2) is 0 Å². The van der Waals surface area contributed by atoms with E-state index < -0.39 is 11.9 Å². The molecule has 0 heterocycles. The van der Waals surface area contributed by atoms with Crippen molar-refractivity contribution in [1.29, 1.82) is 0 Å². The minimum Gasteiger partial charge on any atom is -0.550 e. The molecule has 28 heavy (non-hydrogen) atoms. The van der Waals surface area contributed by atoms with Crippen LogP contribution in [-0.2, 0) is 9.59 Å². The zero-order valence-electron chi connectivity index (χ0n) is 15.8. The molecule has 0 unspecified atom stereocenters. The number of carboxylic acid groups (broad SMARTS) is 2. The van der Waals surface area contributed by atoms with E-state index in [2.05, 4.69) is 10.6 Å². The fourth-order valence-electron chi connectivity index (χ4n) is 2.52. The average molecular weight is 390 g/mol. The van der Waals surface area contributed by atoms with Crippen molar-refractivity contribution in [3.05, 3.63) is 35.4 Å². The molecule has 0 fully saturated rings. The molecule has 0 aromatic heterocycles. The highest BCUT2D eigenvalue weighted by atomic mass is 16.4. The summed E-state index contributed by atoms with van der Waals surface area (Å²) in [5.74, 6) is -2.63. The molecule has 8 nitrogen and oxygen atoms in total. The van der Waals surface area contributed by atoms with Gasteiger partial charge < -0.3 is 30.4 Å². The minimum absolute atomic E-state index is 0.0251. The number of carbonyl (C=O) groups is 4. The van der Waals surface area contributed by atoms with Crippen LogP contribution in [-0.4, -0.2) is 36.8 Å². The van der Waals surface area contributed by atoms with Crippen LogP contribution < -0.4 is 20.8 Å². The molecule has 1 aromatic rings. The molecule has 154 valence electrons. The Morgan fingerprint density at radius 2 is 0.964 bits per heavy atom. The molecule has 1 aromatic carbocycles. The number of aliphatic carboxylic acids is 2. The van der Waals surface area contributed by atoms with Crippen LogP contribution in [0.25, 0.3) is 0 Å². The van der Waals surface area contributed by atoms with Gasteiger partial charge in [0.25, 0.3) is 11.8 Å². The first-order chi connectivity index (χ1) is 13.4. The van der Waals surface area contributed by atoms with Crippen LogP contribution in [0.4, 0.5) is 0 Å². The molecule has 8 heteroatoms. The number of amides is 2. The lowest BCUT2D eigenvalue weighted by Gasteiger charge is -2.08. The number of carboxylic acids is 2. The van der Waals surface area contributed by atoms with E-state index >= 15 is 0 Å². The molecule has 0 atom stereocenters. The Kier molecular flexibility index (Phi) is 11.0. The van der Waals surface area contributed by atoms with Crippen LogP contribution in [0.15, 0.2) is 24.3 Å². The number of rotatable bonds is 14. The Morgan fingerprint density at radius 3 is 1.29 bits per heavy atom. The SMILES string of the molecule is O=C([O-])CCCCCNC(=O)c1ccc(C(=O)NCCCCCC(=O)[O-])cc1. The molecule has 0 radical (unpaired) electrons. The summed E-state index contributed by atoms with van der Waals surface area (Å²) in [4.78, 5) is 44.6. The van der Waals surface area contributed by atoms with Crippen LogP contribution in [0.5, 0.6) is 0 Å². The predicted octanol–water partition coefficient (Wildman–Crippen LogP) is -0.233. The fraction of sp³-hybridized carbons (Fsp3) is 0.500. The number of hydrogen-bond acceptors (Lipinski definition) is 6. The summed E-state index contributed by atoms with van der Waals surface area (Å²) in [6.07, 6.45) is 3.86. The molecule has 0 bridgehead atoms. The monoisotopic (exact) mass is 390 g/mol. The summed E-state index contributed by atoms with van der Waals surface area (Å²) < 4.78 is 0. The van der Waals surface area contributed by atoms with E-state index in [4.69, 9.17) is 0 Å². The largest absolute Gasteiger partial charge is 0.550 e. The lowest BCUT2D eigenvalue weighted by molar-refractivity contribution is -0.307. The standard InChI is InChI=1S/C20H28N2O6/c23-17(24)7-3-1-5-13-21-19(27)15-9-11-16(12-10-15)20(28)22-14-6-2-4-8-18(25)26/h9-12H,1-8,13-14H2,(H,21,27)(H,22,28)(H,23,24)(H,25,26)/p-2. The molecule has 0 saturated heterocycles. The number of carbonyl (C=O) groups excluding carboxylic acids is 4. The quantitative estimate of drug-likeness (QED) is 0.421. The van der Waals surface area contributed by atoms with Gasteiger partial charge in [0, 0.05) is 36.2 Å². The van der Waals surface area contributed by atoms with E-state index in [9.17, 15) is 29.4 Å². The Labute approximate surface area is 164 Å². The average Bonchev–Trinajstić information content (AvgIpc) is 2.66. The van der Waals surface area contributed by atoms with Gasteiger partial charge in [-0.3, -0.25) is 9.59 Å². The first-order valence-corrected chi connectivity index (χ1v) is 9.46. The van der Waals surface area contributed by atoms with E-state index in [0.29, 0.717) is 62.7 Å². The van der Waals surface area contributed by atoms with Crippen molar-refractivity contribution in [2.45, 2.75) is 51.4 Å². The molecule has 1 rings (SSSR count). The van der Waals surface area contributed by atoms with Crippen molar-refractivity contribution >= 4 is 23.8 Å². The summed E-state index contributed by atoms with van der Waals surface area (Å²) in [6, 6.07) is 6.28. The molecular formula is C20H26N2O6-2. The highest BCUT2D eigenvalue weighted by Crippen LogP contribution is 2.06. The van der Waals surface area contributed by atoms with E-state index in [0.717, 1.165) is 0 Å². The van der Waals surface area contributed by atoms with Crippen LogP contribution in [0, 0.1) is 0 Å². The lowest BCUT2D eigenvalue weighted by Crippen LogP contribution is -2.26. The summed E-state index contributed by atoms with van der Waals surface area (Å²) in [6.45, 7) is 0.901. The summed E-state index contributed by atoms with van der Waals surface area (Å²) in [5.41, 5.74) is 0.877. The Bertz CT molecular complexity index is 600. The van der Waals surface area contributed by atoms with Crippen molar-refractivity contribution in [1.82, 2.24) is 10.6 Å². The van der Waals surface area contributed by atoms with Gasteiger partial charge in [-0.15, -0.1) is 0 Å². The van der Waals surface area contributed by atoms with Gasteiger partial charge in [-0.1, -0.05) is 12.8 Å². The molecule has 0 spiro atoms. The maximum Gasteiger partial charge on any atom is 0.251 e. The maximum atomic E-state index is 12.0. The van der Waals surface area contributed by atoms with Gasteiger partial charge in [-0.25, -0.2) is 0 Å². The van der Waals surface area contributed by atoms with Crippen molar-refractivity contribution in [2.24, 2.45) is 0 Å². The lowest BCUT2D eigenvalue weighted by atomic mass is 10.1. The second-order valence-electron chi connectivity index (χ2n) is 6.45. The van der Waals surface area contributed by atoms with Gasteiger partial charge in [0.2, 0.25) is 0 Å². The number of unbranched alkanes of at least 4 members (excludes halogenated alkanes) is 4. The third kappa shape index (κ3) is 10.3. The molecule has 0 aliphatic carbocycles. The van der Waals surface area contributed by atoms with Crippen LogP contribution in [0.2, 0.25) is 0 Å². The normalized spacial score (nSPS) is 10.3. The van der Waals surface area contributed by atoms with Crippen molar-refractivity contribution in [3.63, 3.8) is 0 Å². The van der Waals surface area contributed by atoms with Crippen LogP contribution in [0.1, 0.15) is 72.1 Å². The third-order valence-electron chi connectivity index (χ3n) is 4.10. The number of benzene rings is 1. The van der Waals surface area contributed by atoms with Gasteiger partial charge in [0.05, 0.1) is 0 Å². The highest BCUT2D eigenvalue weighted by molar-refractivity contribution is 5.97. The fourth-order valence-corrected chi connectivity index (χ4v) is 2.52. The summed E-state index contributed by atoms with van der Waals surface area (Å²) >= 11 is 0. The molecule has 0 aliphatic rings. The molecule has 2 N–H and O–H groups in total. The topological polar surface area (TPSA) is 138 Å². The van der Waals surface area contributed by atoms with Crippen molar-refractivity contribution in [2.75, 3.05) is 13.1 Å². The smallest absolute Gasteiger partial charge is 0.251 e.